The monoisotopic (exact) mass is 445 g/mol. The minimum atomic E-state index is -0.836. The average Bonchev–Trinajstić information content (AvgIpc) is 3.33. The van der Waals surface area contributed by atoms with Crippen molar-refractivity contribution in [1.82, 2.24) is 25.2 Å². The van der Waals surface area contributed by atoms with E-state index >= 15 is 0 Å². The van der Waals surface area contributed by atoms with Crippen LogP contribution in [0.5, 0.6) is 5.75 Å². The number of rotatable bonds is 8. The molecule has 0 fully saturated rings. The van der Waals surface area contributed by atoms with Crippen LogP contribution in [0, 0.1) is 0 Å². The molecule has 2 heterocycles. The van der Waals surface area contributed by atoms with Gasteiger partial charge in [0, 0.05) is 17.2 Å². The van der Waals surface area contributed by atoms with E-state index in [9.17, 15) is 9.59 Å². The van der Waals surface area contributed by atoms with E-state index in [-0.39, 0.29) is 18.0 Å². The fourth-order valence-electron chi connectivity index (χ4n) is 3.20. The Morgan fingerprint density at radius 2 is 1.82 bits per heavy atom. The first-order valence-electron chi connectivity index (χ1n) is 10.5. The van der Waals surface area contributed by atoms with E-state index in [2.05, 4.69) is 20.6 Å². The van der Waals surface area contributed by atoms with Crippen LogP contribution in [0.15, 0.2) is 76.0 Å². The molecule has 1 amide bonds. The highest BCUT2D eigenvalue weighted by molar-refractivity contribution is 5.79. The second kappa shape index (κ2) is 9.90. The van der Waals surface area contributed by atoms with Crippen molar-refractivity contribution in [3.63, 3.8) is 0 Å². The van der Waals surface area contributed by atoms with Crippen molar-refractivity contribution in [2.45, 2.75) is 26.4 Å². The van der Waals surface area contributed by atoms with Gasteiger partial charge in [0.05, 0.1) is 18.8 Å². The van der Waals surface area contributed by atoms with Crippen LogP contribution in [0.25, 0.3) is 22.6 Å². The molecule has 2 aromatic carbocycles. The molecule has 0 saturated carbocycles. The first-order chi connectivity index (χ1) is 16.0. The van der Waals surface area contributed by atoms with Gasteiger partial charge in [-0.1, -0.05) is 35.5 Å². The van der Waals surface area contributed by atoms with Gasteiger partial charge in [-0.05, 0) is 44.2 Å². The minimum Gasteiger partial charge on any atom is -0.494 e. The number of carbonyl (C=O) groups is 1. The summed E-state index contributed by atoms with van der Waals surface area (Å²) < 4.78 is 11.8. The van der Waals surface area contributed by atoms with Crippen LogP contribution in [-0.4, -0.2) is 32.4 Å². The largest absolute Gasteiger partial charge is 0.494 e. The fourth-order valence-corrected chi connectivity index (χ4v) is 3.20. The first-order valence-corrected chi connectivity index (χ1v) is 10.5. The summed E-state index contributed by atoms with van der Waals surface area (Å²) in [5, 5.41) is 11.0. The van der Waals surface area contributed by atoms with Gasteiger partial charge in [-0.3, -0.25) is 9.59 Å². The Labute approximate surface area is 190 Å². The first kappa shape index (κ1) is 21.9. The molecule has 0 radical (unpaired) electrons. The molecule has 0 aliphatic carbocycles. The fraction of sp³-hybridized carbons (Fsp3) is 0.208. The van der Waals surface area contributed by atoms with Gasteiger partial charge in [0.25, 0.3) is 5.56 Å². The second-order valence-electron chi connectivity index (χ2n) is 7.23. The summed E-state index contributed by atoms with van der Waals surface area (Å²) in [7, 11) is 0. The molecular weight excluding hydrogens is 422 g/mol. The Hall–Kier alpha value is -4.27. The highest BCUT2D eigenvalue weighted by Crippen LogP contribution is 2.20. The van der Waals surface area contributed by atoms with Crippen LogP contribution in [-0.2, 0) is 11.3 Å². The number of hydrogen-bond acceptors (Lipinski definition) is 7. The zero-order valence-corrected chi connectivity index (χ0v) is 18.3. The van der Waals surface area contributed by atoms with Crippen LogP contribution in [0.3, 0.4) is 0 Å². The number of ether oxygens (including phenoxy) is 1. The summed E-state index contributed by atoms with van der Waals surface area (Å²) in [4.78, 5) is 29.4. The predicted octanol–water partition coefficient (Wildman–Crippen LogP) is 3.24. The molecule has 9 nitrogen and oxygen atoms in total. The van der Waals surface area contributed by atoms with Crippen LogP contribution in [0.1, 0.15) is 25.8 Å². The van der Waals surface area contributed by atoms with Crippen molar-refractivity contribution >= 4 is 5.91 Å². The van der Waals surface area contributed by atoms with Crippen molar-refractivity contribution in [3.05, 3.63) is 83.0 Å². The van der Waals surface area contributed by atoms with Gasteiger partial charge in [0.15, 0.2) is 0 Å². The van der Waals surface area contributed by atoms with Gasteiger partial charge in [-0.25, -0.2) is 4.68 Å². The molecule has 168 valence electrons. The number of nitrogens with zero attached hydrogens (tertiary/aromatic N) is 4. The number of hydrogen-bond donors (Lipinski definition) is 1. The summed E-state index contributed by atoms with van der Waals surface area (Å²) >= 11 is 0. The highest BCUT2D eigenvalue weighted by Gasteiger charge is 2.19. The molecule has 1 atom stereocenters. The summed E-state index contributed by atoms with van der Waals surface area (Å²) in [5.41, 5.74) is 1.81. The van der Waals surface area contributed by atoms with Crippen molar-refractivity contribution in [2.75, 3.05) is 6.61 Å². The molecule has 0 saturated heterocycles. The molecular formula is C24H23N5O4. The number of carbonyl (C=O) groups excluding carboxylic acids is 1. The lowest BCUT2D eigenvalue weighted by Gasteiger charge is -2.14. The molecule has 1 N–H and O–H groups in total. The third kappa shape index (κ3) is 5.15. The molecule has 4 aromatic rings. The lowest BCUT2D eigenvalue weighted by atomic mass is 10.1. The van der Waals surface area contributed by atoms with Gasteiger partial charge in [-0.15, -0.1) is 0 Å². The standard InChI is InChI=1S/C24H23N5O4/c1-3-32-19-11-9-17(10-12-19)20-13-14-22(30)29(27-20)16(2)24(31)25-15-21-26-23(28-33-21)18-7-5-4-6-8-18/h4-14,16H,3,15H2,1-2H3,(H,25,31). The van der Waals surface area contributed by atoms with Crippen molar-refractivity contribution in [2.24, 2.45) is 0 Å². The average molecular weight is 445 g/mol. The van der Waals surface area contributed by atoms with E-state index in [1.54, 1.807) is 13.0 Å². The normalized spacial score (nSPS) is 11.7. The summed E-state index contributed by atoms with van der Waals surface area (Å²) in [6, 6.07) is 18.9. The van der Waals surface area contributed by atoms with Crippen molar-refractivity contribution in [1.29, 1.82) is 0 Å². The summed E-state index contributed by atoms with van der Waals surface area (Å²) in [5.74, 6) is 1.05. The van der Waals surface area contributed by atoms with Crippen molar-refractivity contribution in [3.8, 4) is 28.4 Å². The molecule has 0 aliphatic rings. The molecule has 0 spiro atoms. The Morgan fingerprint density at radius 1 is 1.06 bits per heavy atom. The van der Waals surface area contributed by atoms with Gasteiger partial charge < -0.3 is 14.6 Å². The lowest BCUT2D eigenvalue weighted by Crippen LogP contribution is -2.36. The van der Waals surface area contributed by atoms with Crippen LogP contribution >= 0.6 is 0 Å². The molecule has 4 rings (SSSR count). The van der Waals surface area contributed by atoms with Gasteiger partial charge in [0.1, 0.15) is 11.8 Å². The van der Waals surface area contributed by atoms with E-state index in [1.807, 2.05) is 61.5 Å². The van der Waals surface area contributed by atoms with Crippen LogP contribution < -0.4 is 15.6 Å². The highest BCUT2D eigenvalue weighted by atomic mass is 16.5. The number of aromatic nitrogens is 4. The zero-order valence-electron chi connectivity index (χ0n) is 18.3. The molecule has 9 heteroatoms. The summed E-state index contributed by atoms with van der Waals surface area (Å²) in [6.45, 7) is 4.13. The molecule has 33 heavy (non-hydrogen) atoms. The maximum Gasteiger partial charge on any atom is 0.267 e. The van der Waals surface area contributed by atoms with Gasteiger partial charge in [-0.2, -0.15) is 10.1 Å². The zero-order chi connectivity index (χ0) is 23.2. The number of amides is 1. The van der Waals surface area contributed by atoms with Gasteiger partial charge in [0.2, 0.25) is 17.6 Å². The number of nitrogens with one attached hydrogen (secondary N) is 1. The number of benzene rings is 2. The quantitative estimate of drug-likeness (QED) is 0.443. The van der Waals surface area contributed by atoms with Crippen LogP contribution in [0.2, 0.25) is 0 Å². The third-order valence-corrected chi connectivity index (χ3v) is 4.95. The van der Waals surface area contributed by atoms with Gasteiger partial charge >= 0.3 is 0 Å². The SMILES string of the molecule is CCOc1ccc(-c2ccc(=O)n(C(C)C(=O)NCc3nc(-c4ccccc4)no3)n2)cc1. The minimum absolute atomic E-state index is 0.0380. The van der Waals surface area contributed by atoms with Crippen molar-refractivity contribution < 1.29 is 14.1 Å². The molecule has 1 unspecified atom stereocenters. The van der Waals surface area contributed by atoms with E-state index in [0.717, 1.165) is 21.6 Å². The summed E-state index contributed by atoms with van der Waals surface area (Å²) in [6.07, 6.45) is 0. The third-order valence-electron chi connectivity index (χ3n) is 4.95. The Balaban J connectivity index is 1.44. The Kier molecular flexibility index (Phi) is 6.58. The predicted molar refractivity (Wildman–Crippen MR) is 121 cm³/mol. The topological polar surface area (TPSA) is 112 Å². The second-order valence-corrected chi connectivity index (χ2v) is 7.23. The van der Waals surface area contributed by atoms with E-state index in [0.29, 0.717) is 18.1 Å². The van der Waals surface area contributed by atoms with Crippen LogP contribution in [0.4, 0.5) is 0 Å². The Bertz CT molecular complexity index is 1280. The van der Waals surface area contributed by atoms with E-state index in [4.69, 9.17) is 9.26 Å². The van der Waals surface area contributed by atoms with E-state index in [1.165, 1.54) is 6.07 Å². The molecule has 0 bridgehead atoms. The molecule has 0 aliphatic heterocycles. The van der Waals surface area contributed by atoms with E-state index < -0.39 is 11.9 Å². The smallest absolute Gasteiger partial charge is 0.267 e. The molecule has 2 aromatic heterocycles. The maximum atomic E-state index is 12.7. The maximum absolute atomic E-state index is 12.7. The lowest BCUT2D eigenvalue weighted by molar-refractivity contribution is -0.124. The Morgan fingerprint density at radius 3 is 2.55 bits per heavy atom.